The van der Waals surface area contributed by atoms with Crippen LogP contribution in [0.15, 0.2) is 22.8 Å². The van der Waals surface area contributed by atoms with Gasteiger partial charge in [-0.05, 0) is 12.1 Å². The van der Waals surface area contributed by atoms with Crippen LogP contribution in [0.3, 0.4) is 0 Å². The Balaban J connectivity index is 2.37. The van der Waals surface area contributed by atoms with Gasteiger partial charge >= 0.3 is 0 Å². The number of hydrogen-bond donors (Lipinski definition) is 2. The van der Waals surface area contributed by atoms with Crippen LogP contribution >= 0.6 is 0 Å². The lowest BCUT2D eigenvalue weighted by Crippen LogP contribution is -2.21. The van der Waals surface area contributed by atoms with Crippen molar-refractivity contribution < 1.29 is 19.4 Å². The predicted octanol–water partition coefficient (Wildman–Crippen LogP) is 1.26. The van der Waals surface area contributed by atoms with Crippen molar-refractivity contribution in [3.8, 4) is 5.75 Å². The number of ether oxygens (including phenoxy) is 1. The van der Waals surface area contributed by atoms with Gasteiger partial charge in [0.2, 0.25) is 5.71 Å². The third-order valence-corrected chi connectivity index (χ3v) is 2.91. The van der Waals surface area contributed by atoms with E-state index < -0.39 is 12.2 Å². The summed E-state index contributed by atoms with van der Waals surface area (Å²) in [4.78, 5) is 4.26. The van der Waals surface area contributed by atoms with E-state index in [4.69, 9.17) is 9.15 Å². The standard InChI is InChI=1S/C12H11NO4/c1-16-11-6-4-5-17-12(6)13-7-2-3-8(14)10(15)9(7)11/h2-5,8,10,14-15H,1H3/t8-,10-/m0/s1. The number of furan rings is 1. The van der Waals surface area contributed by atoms with Gasteiger partial charge < -0.3 is 19.4 Å². The van der Waals surface area contributed by atoms with Gasteiger partial charge in [-0.1, -0.05) is 6.08 Å². The number of methoxy groups -OCH3 is 1. The number of rotatable bonds is 1. The molecule has 17 heavy (non-hydrogen) atoms. The third kappa shape index (κ3) is 1.36. The number of pyridine rings is 1. The maximum absolute atomic E-state index is 9.99. The molecule has 0 saturated carbocycles. The molecular weight excluding hydrogens is 222 g/mol. The zero-order valence-corrected chi connectivity index (χ0v) is 9.12. The second-order valence-corrected chi connectivity index (χ2v) is 3.88. The SMILES string of the molecule is COc1c2c(nc3occc13)C=C[C@H](O)[C@@H]2O. The van der Waals surface area contributed by atoms with Crippen molar-refractivity contribution in [1.29, 1.82) is 0 Å². The Morgan fingerprint density at radius 2 is 2.24 bits per heavy atom. The van der Waals surface area contributed by atoms with Crippen LogP contribution in [0.1, 0.15) is 17.4 Å². The summed E-state index contributed by atoms with van der Waals surface area (Å²) in [6, 6.07) is 1.72. The van der Waals surface area contributed by atoms with E-state index in [0.29, 0.717) is 28.1 Å². The third-order valence-electron chi connectivity index (χ3n) is 2.91. The summed E-state index contributed by atoms with van der Waals surface area (Å²) in [5, 5.41) is 20.3. The molecule has 2 heterocycles. The monoisotopic (exact) mass is 233 g/mol. The number of aliphatic hydroxyl groups excluding tert-OH is 2. The molecule has 0 radical (unpaired) electrons. The zero-order chi connectivity index (χ0) is 12.0. The second-order valence-electron chi connectivity index (χ2n) is 3.88. The quantitative estimate of drug-likeness (QED) is 0.775. The molecule has 2 aromatic rings. The first kappa shape index (κ1) is 10.3. The van der Waals surface area contributed by atoms with Crippen LogP contribution in [0.2, 0.25) is 0 Å². The van der Waals surface area contributed by atoms with E-state index in [1.54, 1.807) is 12.1 Å². The van der Waals surface area contributed by atoms with E-state index in [1.807, 2.05) is 0 Å². The first-order valence-corrected chi connectivity index (χ1v) is 5.22. The molecule has 1 aliphatic carbocycles. The number of nitrogens with zero attached hydrogens (tertiary/aromatic N) is 1. The molecule has 5 heteroatoms. The van der Waals surface area contributed by atoms with E-state index in [1.165, 1.54) is 19.4 Å². The van der Waals surface area contributed by atoms with Crippen molar-refractivity contribution in [3.63, 3.8) is 0 Å². The van der Waals surface area contributed by atoms with Gasteiger partial charge in [0.05, 0.1) is 30.0 Å². The second kappa shape index (κ2) is 3.58. The molecule has 2 N–H and O–H groups in total. The first-order chi connectivity index (χ1) is 8.22. The molecule has 0 unspecified atom stereocenters. The number of hydrogen-bond acceptors (Lipinski definition) is 5. The van der Waals surface area contributed by atoms with Gasteiger partial charge in [-0.15, -0.1) is 0 Å². The molecule has 2 atom stereocenters. The normalized spacial score (nSPS) is 22.8. The van der Waals surface area contributed by atoms with Gasteiger partial charge in [0.1, 0.15) is 18.0 Å². The topological polar surface area (TPSA) is 75.7 Å². The maximum Gasteiger partial charge on any atom is 0.230 e. The summed E-state index contributed by atoms with van der Waals surface area (Å²) in [7, 11) is 1.51. The smallest absolute Gasteiger partial charge is 0.230 e. The van der Waals surface area contributed by atoms with E-state index in [-0.39, 0.29) is 0 Å². The first-order valence-electron chi connectivity index (χ1n) is 5.22. The number of aliphatic hydroxyl groups is 2. The van der Waals surface area contributed by atoms with Crippen LogP contribution in [0, 0.1) is 0 Å². The Labute approximate surface area is 97.0 Å². The minimum Gasteiger partial charge on any atom is -0.495 e. The van der Waals surface area contributed by atoms with Crippen molar-refractivity contribution >= 4 is 17.2 Å². The summed E-state index contributed by atoms with van der Waals surface area (Å²) in [5.74, 6) is 0.495. The average Bonchev–Trinajstić information content (AvgIpc) is 2.79. The van der Waals surface area contributed by atoms with Gasteiger partial charge in [-0.25, -0.2) is 4.98 Å². The Hall–Kier alpha value is -1.85. The Morgan fingerprint density at radius 1 is 1.41 bits per heavy atom. The van der Waals surface area contributed by atoms with E-state index >= 15 is 0 Å². The molecule has 0 bridgehead atoms. The highest BCUT2D eigenvalue weighted by Gasteiger charge is 2.29. The van der Waals surface area contributed by atoms with E-state index in [9.17, 15) is 10.2 Å². The van der Waals surface area contributed by atoms with Gasteiger partial charge in [-0.3, -0.25) is 0 Å². The fourth-order valence-electron chi connectivity index (χ4n) is 2.09. The highest BCUT2D eigenvalue weighted by molar-refractivity contribution is 5.85. The van der Waals surface area contributed by atoms with Crippen molar-refractivity contribution in [2.24, 2.45) is 0 Å². The largest absolute Gasteiger partial charge is 0.495 e. The summed E-state index contributed by atoms with van der Waals surface area (Å²) in [5.41, 5.74) is 1.51. The molecule has 0 saturated heterocycles. The van der Waals surface area contributed by atoms with E-state index in [2.05, 4.69) is 4.98 Å². The van der Waals surface area contributed by atoms with Crippen molar-refractivity contribution in [1.82, 2.24) is 4.98 Å². The van der Waals surface area contributed by atoms with E-state index in [0.717, 1.165) is 0 Å². The molecule has 88 valence electrons. The fourth-order valence-corrected chi connectivity index (χ4v) is 2.09. The Kier molecular flexibility index (Phi) is 2.17. The predicted molar refractivity (Wildman–Crippen MR) is 60.6 cm³/mol. The zero-order valence-electron chi connectivity index (χ0n) is 9.12. The lowest BCUT2D eigenvalue weighted by molar-refractivity contribution is 0.0451. The van der Waals surface area contributed by atoms with Crippen LogP contribution < -0.4 is 4.74 Å². The molecule has 5 nitrogen and oxygen atoms in total. The van der Waals surface area contributed by atoms with Gasteiger partial charge in [0.15, 0.2) is 0 Å². The highest BCUT2D eigenvalue weighted by Crippen LogP contribution is 2.39. The lowest BCUT2D eigenvalue weighted by atomic mass is 9.95. The van der Waals surface area contributed by atoms with Crippen molar-refractivity contribution in [2.45, 2.75) is 12.2 Å². The van der Waals surface area contributed by atoms with Gasteiger partial charge in [0, 0.05) is 0 Å². The molecular formula is C12H11NO4. The molecule has 2 aromatic heterocycles. The summed E-state index contributed by atoms with van der Waals surface area (Å²) >= 11 is 0. The minimum atomic E-state index is -1.03. The van der Waals surface area contributed by atoms with Crippen LogP contribution in [-0.4, -0.2) is 28.4 Å². The molecule has 0 aromatic carbocycles. The molecule has 0 aliphatic heterocycles. The van der Waals surface area contributed by atoms with Gasteiger partial charge in [-0.2, -0.15) is 0 Å². The Morgan fingerprint density at radius 3 is 3.00 bits per heavy atom. The summed E-state index contributed by atoms with van der Waals surface area (Å²) in [6.45, 7) is 0. The molecule has 3 rings (SSSR count). The van der Waals surface area contributed by atoms with Crippen LogP contribution in [0.5, 0.6) is 5.75 Å². The van der Waals surface area contributed by atoms with Crippen LogP contribution in [0.25, 0.3) is 17.2 Å². The fraction of sp³-hybridized carbons (Fsp3) is 0.250. The Bertz CT molecular complexity index is 602. The molecule has 0 fully saturated rings. The summed E-state index contributed by atoms with van der Waals surface area (Å²) in [6.07, 6.45) is 2.68. The average molecular weight is 233 g/mol. The molecule has 0 spiro atoms. The van der Waals surface area contributed by atoms with Gasteiger partial charge in [0.25, 0.3) is 0 Å². The summed E-state index contributed by atoms with van der Waals surface area (Å²) < 4.78 is 10.5. The van der Waals surface area contributed by atoms with Crippen molar-refractivity contribution in [2.75, 3.05) is 7.11 Å². The minimum absolute atomic E-state index is 0.453. The number of aromatic nitrogens is 1. The number of fused-ring (bicyclic) bond motifs is 2. The molecule has 0 amide bonds. The maximum atomic E-state index is 9.99. The van der Waals surface area contributed by atoms with Crippen molar-refractivity contribution in [3.05, 3.63) is 29.7 Å². The van der Waals surface area contributed by atoms with Crippen LogP contribution in [0.4, 0.5) is 0 Å². The lowest BCUT2D eigenvalue weighted by Gasteiger charge is -2.23. The highest BCUT2D eigenvalue weighted by atomic mass is 16.5. The van der Waals surface area contributed by atoms with Crippen LogP contribution in [-0.2, 0) is 0 Å². The molecule has 1 aliphatic rings.